The lowest BCUT2D eigenvalue weighted by molar-refractivity contribution is -0.870. The standard InChI is InChI=1S/C46H86NO7P/c1-6-8-10-12-14-16-18-20-22-23-24-25-26-27-29-31-33-35-37-39-46(48)54-45(44-53-55(49,50)52-42-40-47(3,4)5)43-51-41-38-36-34-32-30-28-21-19-17-15-13-11-9-7-2/h8,10,14,16,20,22,24-25,45H,6-7,9,11-13,15,17-19,21,23,26-44H2,1-5H3/b10-8-,16-14-,22-20-,25-24-. The van der Waals surface area contributed by atoms with Gasteiger partial charge in [0.1, 0.15) is 19.3 Å². The first-order valence-corrected chi connectivity index (χ1v) is 23.8. The molecule has 0 rings (SSSR count). The molecule has 0 radical (unpaired) electrons. The second-order valence-electron chi connectivity index (χ2n) is 16.0. The predicted octanol–water partition coefficient (Wildman–Crippen LogP) is 12.5. The van der Waals surface area contributed by atoms with Gasteiger partial charge in [-0.15, -0.1) is 0 Å². The van der Waals surface area contributed by atoms with Gasteiger partial charge in [-0.05, 0) is 51.4 Å². The Morgan fingerprint density at radius 3 is 1.58 bits per heavy atom. The fraction of sp³-hybridized carbons (Fsp3) is 0.804. The van der Waals surface area contributed by atoms with Crippen LogP contribution in [-0.2, 0) is 27.9 Å². The first-order valence-electron chi connectivity index (χ1n) is 22.4. The molecule has 8 nitrogen and oxygen atoms in total. The maximum absolute atomic E-state index is 12.7. The van der Waals surface area contributed by atoms with E-state index in [9.17, 15) is 14.3 Å². The Morgan fingerprint density at radius 1 is 0.582 bits per heavy atom. The van der Waals surface area contributed by atoms with Gasteiger partial charge in [-0.3, -0.25) is 9.36 Å². The van der Waals surface area contributed by atoms with Crippen molar-refractivity contribution in [3.63, 3.8) is 0 Å². The second-order valence-corrected chi connectivity index (χ2v) is 17.4. The lowest BCUT2D eigenvalue weighted by Crippen LogP contribution is -2.37. The minimum Gasteiger partial charge on any atom is -0.756 e. The Labute approximate surface area is 339 Å². The number of carbonyl (C=O) groups excluding carboxylic acids is 1. The molecule has 0 N–H and O–H groups in total. The molecule has 2 unspecified atom stereocenters. The van der Waals surface area contributed by atoms with Gasteiger partial charge in [0.05, 0.1) is 34.4 Å². The largest absolute Gasteiger partial charge is 0.756 e. The highest BCUT2D eigenvalue weighted by Crippen LogP contribution is 2.38. The molecular weight excluding hydrogens is 709 g/mol. The number of hydrogen-bond acceptors (Lipinski definition) is 7. The van der Waals surface area contributed by atoms with Crippen LogP contribution in [0.2, 0.25) is 0 Å². The molecule has 0 aliphatic rings. The van der Waals surface area contributed by atoms with E-state index >= 15 is 0 Å². The third-order valence-corrected chi connectivity index (χ3v) is 10.4. The molecule has 0 aliphatic carbocycles. The number of rotatable bonds is 41. The molecule has 0 heterocycles. The number of nitrogens with zero attached hydrogens (tertiary/aromatic N) is 1. The summed E-state index contributed by atoms with van der Waals surface area (Å²) >= 11 is 0. The average Bonchev–Trinajstić information content (AvgIpc) is 3.13. The van der Waals surface area contributed by atoms with Crippen molar-refractivity contribution in [3.05, 3.63) is 48.6 Å². The number of allylic oxidation sites excluding steroid dienone is 8. The summed E-state index contributed by atoms with van der Waals surface area (Å²) in [5.41, 5.74) is 0. The van der Waals surface area contributed by atoms with Crippen molar-refractivity contribution in [1.82, 2.24) is 0 Å². The maximum atomic E-state index is 12.7. The van der Waals surface area contributed by atoms with Crippen LogP contribution in [0.25, 0.3) is 0 Å². The average molecular weight is 796 g/mol. The van der Waals surface area contributed by atoms with E-state index in [0.717, 1.165) is 70.6 Å². The molecule has 322 valence electrons. The van der Waals surface area contributed by atoms with E-state index in [-0.39, 0.29) is 25.8 Å². The SMILES string of the molecule is CC/C=C\C/C=C\C/C=C\C/C=C\CCCCCCCCC(=O)OC(COCCCCCCCCCCCCCCCC)COP(=O)([O-])OCC[N+](C)(C)C. The van der Waals surface area contributed by atoms with E-state index in [4.69, 9.17) is 18.5 Å². The summed E-state index contributed by atoms with van der Waals surface area (Å²) < 4.78 is 34.6. The van der Waals surface area contributed by atoms with E-state index in [0.29, 0.717) is 24.1 Å². The first kappa shape index (κ1) is 53.5. The molecular formula is C46H86NO7P. The highest BCUT2D eigenvalue weighted by molar-refractivity contribution is 7.45. The second kappa shape index (κ2) is 39.3. The summed E-state index contributed by atoms with van der Waals surface area (Å²) in [5.74, 6) is -0.347. The van der Waals surface area contributed by atoms with Crippen LogP contribution in [0.1, 0.15) is 181 Å². The maximum Gasteiger partial charge on any atom is 0.306 e. The zero-order valence-corrected chi connectivity index (χ0v) is 37.3. The van der Waals surface area contributed by atoms with Crippen LogP contribution in [0, 0.1) is 0 Å². The minimum absolute atomic E-state index is 0.0226. The van der Waals surface area contributed by atoms with E-state index in [1.807, 2.05) is 21.1 Å². The van der Waals surface area contributed by atoms with Crippen molar-refractivity contribution in [1.29, 1.82) is 0 Å². The van der Waals surface area contributed by atoms with Crippen LogP contribution in [0.3, 0.4) is 0 Å². The smallest absolute Gasteiger partial charge is 0.306 e. The Bertz CT molecular complexity index is 1020. The number of hydrogen-bond donors (Lipinski definition) is 0. The third kappa shape index (κ3) is 43.4. The molecule has 0 aromatic rings. The normalized spacial score (nSPS) is 14.2. The molecule has 0 spiro atoms. The zero-order valence-electron chi connectivity index (χ0n) is 36.4. The monoisotopic (exact) mass is 796 g/mol. The summed E-state index contributed by atoms with van der Waals surface area (Å²) in [6, 6.07) is 0. The van der Waals surface area contributed by atoms with Crippen LogP contribution in [0.15, 0.2) is 48.6 Å². The van der Waals surface area contributed by atoms with Gasteiger partial charge in [-0.1, -0.05) is 172 Å². The summed E-state index contributed by atoms with van der Waals surface area (Å²) in [4.78, 5) is 25.1. The Kier molecular flexibility index (Phi) is 38.2. The summed E-state index contributed by atoms with van der Waals surface area (Å²) in [6.45, 7) is 5.29. The van der Waals surface area contributed by atoms with Crippen LogP contribution in [0.4, 0.5) is 0 Å². The van der Waals surface area contributed by atoms with Gasteiger partial charge in [0.25, 0.3) is 7.82 Å². The molecule has 0 bridgehead atoms. The number of likely N-dealkylation sites (N-methyl/N-ethyl adjacent to an activating group) is 1. The molecule has 2 atom stereocenters. The van der Waals surface area contributed by atoms with Crippen molar-refractivity contribution in [3.8, 4) is 0 Å². The van der Waals surface area contributed by atoms with Crippen molar-refractivity contribution >= 4 is 13.8 Å². The molecule has 0 saturated heterocycles. The van der Waals surface area contributed by atoms with Crippen molar-refractivity contribution in [2.75, 3.05) is 54.1 Å². The molecule has 9 heteroatoms. The number of quaternary nitrogens is 1. The molecule has 0 fully saturated rings. The summed E-state index contributed by atoms with van der Waals surface area (Å²) in [5, 5.41) is 0. The quantitative estimate of drug-likeness (QED) is 0.0200. The molecule has 55 heavy (non-hydrogen) atoms. The fourth-order valence-electron chi connectivity index (χ4n) is 5.95. The van der Waals surface area contributed by atoms with Gasteiger partial charge < -0.3 is 27.9 Å². The number of carbonyl (C=O) groups is 1. The Balaban J connectivity index is 4.25. The van der Waals surface area contributed by atoms with E-state index < -0.39 is 13.9 Å². The Hall–Kier alpha value is -1.54. The van der Waals surface area contributed by atoms with E-state index in [1.54, 1.807) is 0 Å². The van der Waals surface area contributed by atoms with Gasteiger partial charge in [-0.2, -0.15) is 0 Å². The number of esters is 1. The Morgan fingerprint density at radius 2 is 1.05 bits per heavy atom. The topological polar surface area (TPSA) is 94.1 Å². The van der Waals surface area contributed by atoms with E-state index in [1.165, 1.54) is 89.9 Å². The highest BCUT2D eigenvalue weighted by atomic mass is 31.2. The zero-order chi connectivity index (χ0) is 40.6. The minimum atomic E-state index is -4.53. The predicted molar refractivity (Wildman–Crippen MR) is 231 cm³/mol. The highest BCUT2D eigenvalue weighted by Gasteiger charge is 2.20. The third-order valence-electron chi connectivity index (χ3n) is 9.39. The van der Waals surface area contributed by atoms with Crippen molar-refractivity contribution in [2.45, 2.75) is 187 Å². The van der Waals surface area contributed by atoms with Crippen LogP contribution in [0.5, 0.6) is 0 Å². The number of phosphoric ester groups is 1. The van der Waals surface area contributed by atoms with Crippen molar-refractivity contribution < 1.29 is 37.3 Å². The fourth-order valence-corrected chi connectivity index (χ4v) is 6.68. The van der Waals surface area contributed by atoms with Gasteiger partial charge in [0, 0.05) is 13.0 Å². The number of unbranched alkanes of at least 4 members (excludes halogenated alkanes) is 19. The lowest BCUT2D eigenvalue weighted by atomic mass is 10.0. The van der Waals surface area contributed by atoms with Gasteiger partial charge >= 0.3 is 5.97 Å². The molecule has 0 saturated carbocycles. The molecule has 0 amide bonds. The van der Waals surface area contributed by atoms with Crippen LogP contribution >= 0.6 is 7.82 Å². The van der Waals surface area contributed by atoms with Gasteiger partial charge in [0.2, 0.25) is 0 Å². The van der Waals surface area contributed by atoms with E-state index in [2.05, 4.69) is 62.5 Å². The lowest BCUT2D eigenvalue weighted by Gasteiger charge is -2.28. The number of ether oxygens (including phenoxy) is 2. The summed E-state index contributed by atoms with van der Waals surface area (Å²) in [7, 11) is 1.34. The molecule has 0 aliphatic heterocycles. The van der Waals surface area contributed by atoms with Crippen molar-refractivity contribution in [2.24, 2.45) is 0 Å². The number of phosphoric acid groups is 1. The first-order chi connectivity index (χ1) is 26.6. The van der Waals surface area contributed by atoms with Gasteiger partial charge in [-0.25, -0.2) is 0 Å². The van der Waals surface area contributed by atoms with Crippen LogP contribution < -0.4 is 4.89 Å². The molecule has 0 aromatic heterocycles. The summed E-state index contributed by atoms with van der Waals surface area (Å²) in [6.07, 6.45) is 46.9. The van der Waals surface area contributed by atoms with Gasteiger partial charge in [0.15, 0.2) is 0 Å². The molecule has 0 aromatic carbocycles. The van der Waals surface area contributed by atoms with Crippen LogP contribution in [-0.4, -0.2) is 70.7 Å².